The zero-order valence-corrected chi connectivity index (χ0v) is 14.7. The van der Waals surface area contributed by atoms with Crippen molar-refractivity contribution in [3.63, 3.8) is 0 Å². The van der Waals surface area contributed by atoms with Crippen LogP contribution in [0.25, 0.3) is 0 Å². The maximum Gasteiger partial charge on any atom is 0.271 e. The minimum Gasteiger partial charge on any atom is -0.322 e. The summed E-state index contributed by atoms with van der Waals surface area (Å²) >= 11 is 0. The van der Waals surface area contributed by atoms with Gasteiger partial charge in [0, 0.05) is 34.6 Å². The lowest BCUT2D eigenvalue weighted by molar-refractivity contribution is -0.384. The molecule has 29 heavy (non-hydrogen) atoms. The topological polar surface area (TPSA) is 101 Å². The number of amides is 2. The Morgan fingerprint density at radius 2 is 1.21 bits per heavy atom. The maximum atomic E-state index is 13.3. The number of hydrogen-bond acceptors (Lipinski definition) is 4. The van der Waals surface area contributed by atoms with E-state index in [0.29, 0.717) is 0 Å². The van der Waals surface area contributed by atoms with E-state index in [0.717, 1.165) is 30.3 Å². The quantitative estimate of drug-likeness (QED) is 0.493. The van der Waals surface area contributed by atoms with Crippen LogP contribution < -0.4 is 10.6 Å². The Kier molecular flexibility index (Phi) is 5.59. The lowest BCUT2D eigenvalue weighted by atomic mass is 10.1. The number of anilines is 2. The Balaban J connectivity index is 1.90. The molecule has 0 fully saturated rings. The molecule has 0 aliphatic heterocycles. The van der Waals surface area contributed by atoms with E-state index in [-0.39, 0.29) is 22.5 Å². The molecule has 0 aliphatic carbocycles. The standard InChI is InChI=1S/C20H13F2N3O4/c21-14-3-1-5-16(10-14)23-19(26)12-7-13(9-18(8-12)25(28)29)20(27)24-17-6-2-4-15(22)11-17/h1-11H,(H,23,26)(H,24,27). The second kappa shape index (κ2) is 8.26. The van der Waals surface area contributed by atoms with Crippen molar-refractivity contribution in [1.82, 2.24) is 0 Å². The number of nitro benzene ring substituents is 1. The molecule has 0 saturated heterocycles. The van der Waals surface area contributed by atoms with Crippen molar-refractivity contribution >= 4 is 28.9 Å². The summed E-state index contributed by atoms with van der Waals surface area (Å²) in [7, 11) is 0. The van der Waals surface area contributed by atoms with E-state index >= 15 is 0 Å². The number of nitrogens with zero attached hydrogens (tertiary/aromatic N) is 1. The summed E-state index contributed by atoms with van der Waals surface area (Å²) in [5.74, 6) is -2.67. The Bertz CT molecular complexity index is 1040. The van der Waals surface area contributed by atoms with Gasteiger partial charge < -0.3 is 10.6 Å². The van der Waals surface area contributed by atoms with Gasteiger partial charge in [-0.1, -0.05) is 12.1 Å². The Labute approximate surface area is 163 Å². The fraction of sp³-hybridized carbons (Fsp3) is 0. The molecule has 0 radical (unpaired) electrons. The number of non-ortho nitro benzene ring substituents is 1. The number of halogens is 2. The monoisotopic (exact) mass is 397 g/mol. The van der Waals surface area contributed by atoms with Gasteiger partial charge in [0.05, 0.1) is 4.92 Å². The van der Waals surface area contributed by atoms with Crippen molar-refractivity contribution in [2.75, 3.05) is 10.6 Å². The molecule has 0 aliphatic rings. The number of rotatable bonds is 5. The first kappa shape index (κ1) is 19.6. The predicted octanol–water partition coefficient (Wildman–Crippen LogP) is 4.38. The zero-order valence-electron chi connectivity index (χ0n) is 14.7. The lowest BCUT2D eigenvalue weighted by Crippen LogP contribution is -2.16. The van der Waals surface area contributed by atoms with Crippen LogP contribution in [0.1, 0.15) is 20.7 Å². The number of benzene rings is 3. The molecule has 0 bridgehead atoms. The third-order valence-electron chi connectivity index (χ3n) is 3.82. The summed E-state index contributed by atoms with van der Waals surface area (Å²) in [6.07, 6.45) is 0. The van der Waals surface area contributed by atoms with Crippen LogP contribution in [0.2, 0.25) is 0 Å². The summed E-state index contributed by atoms with van der Waals surface area (Å²) in [5.41, 5.74) is -0.540. The Morgan fingerprint density at radius 1 is 0.759 bits per heavy atom. The van der Waals surface area contributed by atoms with Crippen molar-refractivity contribution in [2.45, 2.75) is 0 Å². The smallest absolute Gasteiger partial charge is 0.271 e. The molecule has 0 spiro atoms. The molecule has 3 aromatic carbocycles. The van der Waals surface area contributed by atoms with Gasteiger partial charge in [-0.15, -0.1) is 0 Å². The Hall–Kier alpha value is -4.14. The molecule has 0 aromatic heterocycles. The molecule has 0 atom stereocenters. The van der Waals surface area contributed by atoms with Gasteiger partial charge >= 0.3 is 0 Å². The fourth-order valence-corrected chi connectivity index (χ4v) is 2.52. The normalized spacial score (nSPS) is 10.3. The lowest BCUT2D eigenvalue weighted by Gasteiger charge is -2.09. The van der Waals surface area contributed by atoms with Gasteiger partial charge in [-0.3, -0.25) is 19.7 Å². The molecule has 0 saturated carbocycles. The van der Waals surface area contributed by atoms with Crippen LogP contribution in [0.15, 0.2) is 66.7 Å². The van der Waals surface area contributed by atoms with E-state index in [1.807, 2.05) is 0 Å². The van der Waals surface area contributed by atoms with E-state index in [4.69, 9.17) is 0 Å². The summed E-state index contributed by atoms with van der Waals surface area (Å²) in [5, 5.41) is 16.0. The SMILES string of the molecule is O=C(Nc1cccc(F)c1)c1cc(C(=O)Nc2cccc(F)c2)cc([N+](=O)[O-])c1. The Morgan fingerprint density at radius 3 is 1.59 bits per heavy atom. The predicted molar refractivity (Wildman–Crippen MR) is 102 cm³/mol. The molecule has 146 valence electrons. The summed E-state index contributed by atoms with van der Waals surface area (Å²) < 4.78 is 26.6. The molecule has 9 heteroatoms. The molecule has 7 nitrogen and oxygen atoms in total. The fourth-order valence-electron chi connectivity index (χ4n) is 2.52. The highest BCUT2D eigenvalue weighted by molar-refractivity contribution is 6.09. The van der Waals surface area contributed by atoms with Gasteiger partial charge in [0.1, 0.15) is 11.6 Å². The highest BCUT2D eigenvalue weighted by atomic mass is 19.1. The maximum absolute atomic E-state index is 13.3. The second-order valence-corrected chi connectivity index (χ2v) is 5.95. The summed E-state index contributed by atoms with van der Waals surface area (Å²) in [6, 6.07) is 13.3. The van der Waals surface area contributed by atoms with Crippen LogP contribution in [0, 0.1) is 21.7 Å². The van der Waals surface area contributed by atoms with E-state index < -0.39 is 34.1 Å². The number of nitrogens with one attached hydrogen (secondary N) is 2. The molecule has 0 unspecified atom stereocenters. The van der Waals surface area contributed by atoms with Crippen LogP contribution >= 0.6 is 0 Å². The van der Waals surface area contributed by atoms with Crippen LogP contribution in [0.4, 0.5) is 25.8 Å². The van der Waals surface area contributed by atoms with Crippen molar-refractivity contribution in [1.29, 1.82) is 0 Å². The van der Waals surface area contributed by atoms with Gasteiger partial charge in [0.15, 0.2) is 0 Å². The minimum atomic E-state index is -0.765. The second-order valence-electron chi connectivity index (χ2n) is 5.95. The number of carbonyl (C=O) groups excluding carboxylic acids is 2. The molecule has 2 amide bonds. The van der Waals surface area contributed by atoms with Crippen molar-refractivity contribution in [3.8, 4) is 0 Å². The van der Waals surface area contributed by atoms with Gasteiger partial charge in [-0.25, -0.2) is 8.78 Å². The third kappa shape index (κ3) is 4.98. The molecule has 2 N–H and O–H groups in total. The van der Waals surface area contributed by atoms with Gasteiger partial charge in [0.25, 0.3) is 17.5 Å². The van der Waals surface area contributed by atoms with Crippen molar-refractivity contribution < 1.29 is 23.3 Å². The molecule has 3 aromatic rings. The molecular formula is C20H13F2N3O4. The van der Waals surface area contributed by atoms with Crippen LogP contribution in [-0.2, 0) is 0 Å². The molecular weight excluding hydrogens is 384 g/mol. The number of hydrogen-bond donors (Lipinski definition) is 2. The summed E-state index contributed by atoms with van der Waals surface area (Å²) in [6.45, 7) is 0. The van der Waals surface area contributed by atoms with Crippen LogP contribution in [-0.4, -0.2) is 16.7 Å². The first-order valence-corrected chi connectivity index (χ1v) is 8.25. The van der Waals surface area contributed by atoms with Gasteiger partial charge in [0.2, 0.25) is 0 Å². The molecule has 0 heterocycles. The number of carbonyl (C=O) groups is 2. The third-order valence-corrected chi connectivity index (χ3v) is 3.82. The highest BCUT2D eigenvalue weighted by Gasteiger charge is 2.18. The van der Waals surface area contributed by atoms with E-state index in [2.05, 4.69) is 10.6 Å². The zero-order chi connectivity index (χ0) is 21.0. The van der Waals surface area contributed by atoms with Gasteiger partial charge in [-0.05, 0) is 42.5 Å². The summed E-state index contributed by atoms with van der Waals surface area (Å²) in [4.78, 5) is 35.3. The minimum absolute atomic E-state index is 0.146. The first-order chi connectivity index (χ1) is 13.8. The molecule has 3 rings (SSSR count). The highest BCUT2D eigenvalue weighted by Crippen LogP contribution is 2.20. The number of nitro groups is 1. The largest absolute Gasteiger partial charge is 0.322 e. The van der Waals surface area contributed by atoms with E-state index in [1.54, 1.807) is 0 Å². The van der Waals surface area contributed by atoms with Crippen molar-refractivity contribution in [3.05, 3.63) is 99.6 Å². The van der Waals surface area contributed by atoms with E-state index in [1.165, 1.54) is 36.4 Å². The average Bonchev–Trinajstić information content (AvgIpc) is 2.67. The van der Waals surface area contributed by atoms with Crippen molar-refractivity contribution in [2.24, 2.45) is 0 Å². The average molecular weight is 397 g/mol. The first-order valence-electron chi connectivity index (χ1n) is 8.25. The van der Waals surface area contributed by atoms with Crippen LogP contribution in [0.5, 0.6) is 0 Å². The van der Waals surface area contributed by atoms with Gasteiger partial charge in [-0.2, -0.15) is 0 Å². The van der Waals surface area contributed by atoms with E-state index in [9.17, 15) is 28.5 Å². The van der Waals surface area contributed by atoms with Crippen LogP contribution in [0.3, 0.4) is 0 Å².